The van der Waals surface area contributed by atoms with Crippen LogP contribution in [0.5, 0.6) is 5.75 Å². The maximum atomic E-state index is 5.55. The van der Waals surface area contributed by atoms with Crippen molar-refractivity contribution in [1.29, 1.82) is 0 Å². The van der Waals surface area contributed by atoms with Gasteiger partial charge in [-0.25, -0.2) is 4.98 Å². The number of aromatic nitrogens is 1. The van der Waals surface area contributed by atoms with Gasteiger partial charge in [-0.15, -0.1) is 11.3 Å². The van der Waals surface area contributed by atoms with Crippen LogP contribution in [0.3, 0.4) is 0 Å². The monoisotopic (exact) mass is 263 g/mol. The molecule has 0 spiro atoms. The van der Waals surface area contributed by atoms with Crippen molar-refractivity contribution in [3.05, 3.63) is 40.9 Å². The predicted molar refractivity (Wildman–Crippen MR) is 75.2 cm³/mol. The molecule has 0 saturated heterocycles. The number of benzene rings is 1. The van der Waals surface area contributed by atoms with Gasteiger partial charge < -0.3 is 15.8 Å². The number of hydrogen-bond donors (Lipinski definition) is 2. The van der Waals surface area contributed by atoms with E-state index in [1.54, 1.807) is 18.4 Å². The van der Waals surface area contributed by atoms with Crippen molar-refractivity contribution in [1.82, 2.24) is 4.98 Å². The van der Waals surface area contributed by atoms with Crippen molar-refractivity contribution >= 4 is 16.5 Å². The van der Waals surface area contributed by atoms with Gasteiger partial charge >= 0.3 is 0 Å². The summed E-state index contributed by atoms with van der Waals surface area (Å²) in [6.07, 6.45) is 2.72. The molecular weight excluding hydrogens is 246 g/mol. The molecule has 0 saturated carbocycles. The summed E-state index contributed by atoms with van der Waals surface area (Å²) < 4.78 is 5.31. The fourth-order valence-electron chi connectivity index (χ4n) is 1.70. The van der Waals surface area contributed by atoms with Crippen LogP contribution in [0, 0.1) is 0 Å². The van der Waals surface area contributed by atoms with Crippen molar-refractivity contribution in [2.24, 2.45) is 5.73 Å². The molecule has 96 valence electrons. The molecule has 4 nitrogen and oxygen atoms in total. The molecular formula is C13H17N3OS. The van der Waals surface area contributed by atoms with Gasteiger partial charge in [0.25, 0.3) is 0 Å². The first-order valence-electron chi connectivity index (χ1n) is 5.84. The van der Waals surface area contributed by atoms with Crippen LogP contribution in [0.25, 0.3) is 0 Å². The topological polar surface area (TPSA) is 60.2 Å². The molecule has 0 atom stereocenters. The van der Waals surface area contributed by atoms with Crippen molar-refractivity contribution in [3.8, 4) is 5.75 Å². The number of thiazole rings is 1. The number of anilines is 1. The number of nitrogens with two attached hydrogens (primary N) is 1. The van der Waals surface area contributed by atoms with E-state index in [0.29, 0.717) is 6.54 Å². The molecule has 0 aliphatic carbocycles. The van der Waals surface area contributed by atoms with E-state index in [1.165, 1.54) is 5.56 Å². The van der Waals surface area contributed by atoms with E-state index in [4.69, 9.17) is 10.5 Å². The van der Waals surface area contributed by atoms with E-state index in [9.17, 15) is 0 Å². The largest absolute Gasteiger partial charge is 0.496 e. The van der Waals surface area contributed by atoms with Gasteiger partial charge in [-0.1, -0.05) is 18.2 Å². The molecule has 0 aliphatic heterocycles. The van der Waals surface area contributed by atoms with Crippen LogP contribution in [0.2, 0.25) is 0 Å². The molecule has 3 N–H and O–H groups in total. The third kappa shape index (κ3) is 3.21. The van der Waals surface area contributed by atoms with Gasteiger partial charge in [0.2, 0.25) is 0 Å². The summed E-state index contributed by atoms with van der Waals surface area (Å²) >= 11 is 1.60. The Morgan fingerprint density at radius 1 is 1.39 bits per heavy atom. The number of rotatable bonds is 6. The van der Waals surface area contributed by atoms with Crippen molar-refractivity contribution in [2.45, 2.75) is 13.0 Å². The second-order valence-corrected chi connectivity index (χ2v) is 4.94. The average Bonchev–Trinajstić information content (AvgIpc) is 2.87. The Morgan fingerprint density at radius 3 is 2.94 bits per heavy atom. The van der Waals surface area contributed by atoms with Gasteiger partial charge in [-0.3, -0.25) is 0 Å². The van der Waals surface area contributed by atoms with Crippen LogP contribution in [0.4, 0.5) is 5.13 Å². The molecule has 18 heavy (non-hydrogen) atoms. The minimum absolute atomic E-state index is 0.547. The lowest BCUT2D eigenvalue weighted by Crippen LogP contribution is -2.05. The molecule has 2 rings (SSSR count). The number of nitrogens with zero attached hydrogens (tertiary/aromatic N) is 1. The first-order chi connectivity index (χ1) is 8.83. The zero-order chi connectivity index (χ0) is 12.8. The van der Waals surface area contributed by atoms with E-state index in [2.05, 4.69) is 16.4 Å². The molecule has 5 heteroatoms. The van der Waals surface area contributed by atoms with E-state index >= 15 is 0 Å². The summed E-state index contributed by atoms with van der Waals surface area (Å²) in [6, 6.07) is 8.05. The lowest BCUT2D eigenvalue weighted by Gasteiger charge is -2.08. The molecule has 0 radical (unpaired) electrons. The van der Waals surface area contributed by atoms with E-state index in [-0.39, 0.29) is 0 Å². The zero-order valence-corrected chi connectivity index (χ0v) is 11.2. The highest BCUT2D eigenvalue weighted by Gasteiger charge is 2.03. The highest BCUT2D eigenvalue weighted by Crippen LogP contribution is 2.19. The van der Waals surface area contributed by atoms with Crippen molar-refractivity contribution < 1.29 is 4.74 Å². The van der Waals surface area contributed by atoms with Crippen LogP contribution in [0.1, 0.15) is 10.4 Å². The highest BCUT2D eigenvalue weighted by molar-refractivity contribution is 7.15. The fraction of sp³-hybridized carbons (Fsp3) is 0.308. The second kappa shape index (κ2) is 6.37. The van der Waals surface area contributed by atoms with Gasteiger partial charge in [0, 0.05) is 24.2 Å². The lowest BCUT2D eigenvalue weighted by atomic mass is 10.1. The Morgan fingerprint density at radius 2 is 2.22 bits per heavy atom. The van der Waals surface area contributed by atoms with Crippen LogP contribution in [-0.2, 0) is 13.0 Å². The van der Waals surface area contributed by atoms with Gasteiger partial charge in [-0.05, 0) is 18.1 Å². The third-order valence-electron chi connectivity index (χ3n) is 2.62. The van der Waals surface area contributed by atoms with Crippen LogP contribution < -0.4 is 15.8 Å². The summed E-state index contributed by atoms with van der Waals surface area (Å²) in [6.45, 7) is 1.38. The SMILES string of the molecule is COc1ccccc1CCNc1ncc(CN)s1. The average molecular weight is 263 g/mol. The van der Waals surface area contributed by atoms with Crippen molar-refractivity contribution in [2.75, 3.05) is 19.0 Å². The molecule has 0 bridgehead atoms. The number of nitrogens with one attached hydrogen (secondary N) is 1. The summed E-state index contributed by atoms with van der Waals surface area (Å²) in [5.41, 5.74) is 6.74. The minimum atomic E-state index is 0.547. The molecule has 0 amide bonds. The smallest absolute Gasteiger partial charge is 0.182 e. The first kappa shape index (κ1) is 12.9. The lowest BCUT2D eigenvalue weighted by molar-refractivity contribution is 0.410. The fourth-order valence-corrected chi connectivity index (χ4v) is 2.41. The van der Waals surface area contributed by atoms with E-state index < -0.39 is 0 Å². The summed E-state index contributed by atoms with van der Waals surface area (Å²) in [7, 11) is 1.70. The molecule has 0 fully saturated rings. The molecule has 1 aromatic heterocycles. The zero-order valence-electron chi connectivity index (χ0n) is 10.3. The summed E-state index contributed by atoms with van der Waals surface area (Å²) in [5.74, 6) is 0.932. The standard InChI is InChI=1S/C13H17N3OS/c1-17-12-5-3-2-4-10(12)6-7-15-13-16-9-11(8-14)18-13/h2-5,9H,6-8,14H2,1H3,(H,15,16). The summed E-state index contributed by atoms with van der Waals surface area (Å²) in [4.78, 5) is 5.35. The van der Waals surface area contributed by atoms with Gasteiger partial charge in [0.1, 0.15) is 5.75 Å². The van der Waals surface area contributed by atoms with E-state index in [0.717, 1.165) is 28.7 Å². The maximum absolute atomic E-state index is 5.55. The van der Waals surface area contributed by atoms with Crippen LogP contribution >= 0.6 is 11.3 Å². The Balaban J connectivity index is 1.88. The molecule has 0 unspecified atom stereocenters. The maximum Gasteiger partial charge on any atom is 0.182 e. The Hall–Kier alpha value is -1.59. The second-order valence-electron chi connectivity index (χ2n) is 3.82. The Bertz CT molecular complexity index is 498. The number of hydrogen-bond acceptors (Lipinski definition) is 5. The van der Waals surface area contributed by atoms with Crippen molar-refractivity contribution in [3.63, 3.8) is 0 Å². The Kier molecular flexibility index (Phi) is 4.55. The van der Waals surface area contributed by atoms with Gasteiger partial charge in [-0.2, -0.15) is 0 Å². The highest BCUT2D eigenvalue weighted by atomic mass is 32.1. The number of methoxy groups -OCH3 is 1. The molecule has 1 heterocycles. The minimum Gasteiger partial charge on any atom is -0.496 e. The summed E-state index contributed by atoms with van der Waals surface area (Å²) in [5, 5.41) is 4.22. The first-order valence-corrected chi connectivity index (χ1v) is 6.65. The van der Waals surface area contributed by atoms with Gasteiger partial charge in [0.15, 0.2) is 5.13 Å². The molecule has 0 aliphatic rings. The quantitative estimate of drug-likeness (QED) is 0.839. The molecule has 2 aromatic rings. The molecule has 1 aromatic carbocycles. The predicted octanol–water partition coefficient (Wildman–Crippen LogP) is 2.27. The normalized spacial score (nSPS) is 10.3. The van der Waals surface area contributed by atoms with Crippen LogP contribution in [-0.4, -0.2) is 18.6 Å². The Labute approximate surface area is 111 Å². The number of para-hydroxylation sites is 1. The third-order valence-corrected chi connectivity index (χ3v) is 3.60. The number of ether oxygens (including phenoxy) is 1. The van der Waals surface area contributed by atoms with Crippen LogP contribution in [0.15, 0.2) is 30.5 Å². The van der Waals surface area contributed by atoms with Gasteiger partial charge in [0.05, 0.1) is 7.11 Å². The van der Waals surface area contributed by atoms with E-state index in [1.807, 2.05) is 24.4 Å².